The Balaban J connectivity index is 2.75. The molecule has 0 fully saturated rings. The first-order chi connectivity index (χ1) is 8.91. The molecule has 1 rings (SSSR count). The molecule has 7 heteroatoms. The van der Waals surface area contributed by atoms with Gasteiger partial charge in [0.1, 0.15) is 5.69 Å². The third-order valence-electron chi connectivity index (χ3n) is 2.57. The Morgan fingerprint density at radius 1 is 1.42 bits per heavy atom. The highest BCUT2D eigenvalue weighted by Gasteiger charge is 2.20. The van der Waals surface area contributed by atoms with Gasteiger partial charge in [-0.25, -0.2) is 5.10 Å². The van der Waals surface area contributed by atoms with Crippen LogP contribution in [0.2, 0.25) is 0 Å². The molecule has 1 aromatic rings. The maximum Gasteiger partial charge on any atom is 0.303 e. The Kier molecular flexibility index (Phi) is 5.23. The van der Waals surface area contributed by atoms with E-state index in [1.54, 1.807) is 0 Å². The van der Waals surface area contributed by atoms with Crippen LogP contribution in [-0.4, -0.2) is 44.7 Å². The first-order valence-corrected chi connectivity index (χ1v) is 6.00. The van der Waals surface area contributed by atoms with Crippen LogP contribution < -0.4 is 5.56 Å². The zero-order chi connectivity index (χ0) is 14.4. The van der Waals surface area contributed by atoms with E-state index < -0.39 is 5.97 Å². The molecule has 2 N–H and O–H groups in total. The molecule has 0 aromatic carbocycles. The number of nitrogens with zero attached hydrogens (tertiary/aromatic N) is 2. The number of aromatic nitrogens is 2. The molecule has 0 saturated heterocycles. The van der Waals surface area contributed by atoms with E-state index in [1.807, 2.05) is 13.8 Å². The number of nitrogens with one attached hydrogen (secondary N) is 1. The van der Waals surface area contributed by atoms with Crippen molar-refractivity contribution in [3.63, 3.8) is 0 Å². The van der Waals surface area contributed by atoms with Crippen LogP contribution in [0, 0.1) is 0 Å². The van der Waals surface area contributed by atoms with Crippen molar-refractivity contribution in [2.24, 2.45) is 0 Å². The monoisotopic (exact) mass is 267 g/mol. The molecule has 104 valence electrons. The minimum Gasteiger partial charge on any atom is -0.481 e. The van der Waals surface area contributed by atoms with E-state index in [9.17, 15) is 14.4 Å². The van der Waals surface area contributed by atoms with Crippen molar-refractivity contribution in [1.82, 2.24) is 15.1 Å². The number of carboxylic acid groups (broad SMARTS) is 1. The standard InChI is InChI=1S/C12H17N3O4/c1-8(2)15(7-3-4-11(17)18)12(19)9-5-6-10(16)14-13-9/h5-6,8H,3-4,7H2,1-2H3,(H,14,16)(H,17,18). The largest absolute Gasteiger partial charge is 0.481 e. The van der Waals surface area contributed by atoms with Gasteiger partial charge in [-0.1, -0.05) is 0 Å². The number of aliphatic carboxylic acids is 1. The van der Waals surface area contributed by atoms with E-state index in [-0.39, 0.29) is 29.6 Å². The van der Waals surface area contributed by atoms with Gasteiger partial charge in [-0.05, 0) is 26.3 Å². The van der Waals surface area contributed by atoms with Gasteiger partial charge in [-0.15, -0.1) is 0 Å². The molecule has 19 heavy (non-hydrogen) atoms. The SMILES string of the molecule is CC(C)N(CCCC(=O)O)C(=O)c1ccc(=O)[nH]n1. The summed E-state index contributed by atoms with van der Waals surface area (Å²) in [6.45, 7) is 4.01. The molecule has 0 aliphatic carbocycles. The number of amides is 1. The molecule has 0 saturated carbocycles. The molecule has 7 nitrogen and oxygen atoms in total. The highest BCUT2D eigenvalue weighted by molar-refractivity contribution is 5.92. The van der Waals surface area contributed by atoms with Crippen LogP contribution in [0.4, 0.5) is 0 Å². The molecule has 1 aromatic heterocycles. The average molecular weight is 267 g/mol. The van der Waals surface area contributed by atoms with E-state index in [1.165, 1.54) is 17.0 Å². The van der Waals surface area contributed by atoms with Gasteiger partial charge >= 0.3 is 5.97 Å². The van der Waals surface area contributed by atoms with Gasteiger partial charge in [0.15, 0.2) is 0 Å². The van der Waals surface area contributed by atoms with Crippen molar-refractivity contribution in [3.8, 4) is 0 Å². The Morgan fingerprint density at radius 2 is 2.11 bits per heavy atom. The number of hydrogen-bond donors (Lipinski definition) is 2. The lowest BCUT2D eigenvalue weighted by atomic mass is 10.2. The fourth-order valence-corrected chi connectivity index (χ4v) is 1.61. The van der Waals surface area contributed by atoms with Crippen molar-refractivity contribution in [2.45, 2.75) is 32.7 Å². The summed E-state index contributed by atoms with van der Waals surface area (Å²) in [6.07, 6.45) is 0.387. The van der Waals surface area contributed by atoms with Crippen molar-refractivity contribution in [2.75, 3.05) is 6.54 Å². The summed E-state index contributed by atoms with van der Waals surface area (Å²) in [5.41, 5.74) is -0.234. The van der Waals surface area contributed by atoms with Crippen LogP contribution in [-0.2, 0) is 4.79 Å². The molecule has 1 heterocycles. The summed E-state index contributed by atoms with van der Waals surface area (Å²) in [5.74, 6) is -1.21. The normalized spacial score (nSPS) is 10.5. The lowest BCUT2D eigenvalue weighted by Gasteiger charge is -2.26. The summed E-state index contributed by atoms with van der Waals surface area (Å²) < 4.78 is 0. The Hall–Kier alpha value is -2.18. The van der Waals surface area contributed by atoms with Gasteiger partial charge in [-0.2, -0.15) is 5.10 Å². The van der Waals surface area contributed by atoms with Gasteiger partial charge in [-0.3, -0.25) is 14.4 Å². The third kappa shape index (κ3) is 4.53. The van der Waals surface area contributed by atoms with Gasteiger partial charge in [0.2, 0.25) is 0 Å². The topological polar surface area (TPSA) is 103 Å². The van der Waals surface area contributed by atoms with Crippen molar-refractivity contribution in [1.29, 1.82) is 0 Å². The molecule has 0 unspecified atom stereocenters. The van der Waals surface area contributed by atoms with E-state index in [0.29, 0.717) is 13.0 Å². The fourth-order valence-electron chi connectivity index (χ4n) is 1.61. The van der Waals surface area contributed by atoms with Gasteiger partial charge in [0.25, 0.3) is 11.5 Å². The molecule has 0 aliphatic heterocycles. The number of H-pyrrole nitrogens is 1. The first-order valence-electron chi connectivity index (χ1n) is 6.00. The Bertz CT molecular complexity index is 489. The second-order valence-corrected chi connectivity index (χ2v) is 4.40. The number of rotatable bonds is 6. The second kappa shape index (κ2) is 6.67. The molecule has 0 aliphatic rings. The fraction of sp³-hybridized carbons (Fsp3) is 0.500. The lowest BCUT2D eigenvalue weighted by Crippen LogP contribution is -2.38. The molecular formula is C12H17N3O4. The van der Waals surface area contributed by atoms with Crippen molar-refractivity contribution in [3.05, 3.63) is 28.2 Å². The van der Waals surface area contributed by atoms with Gasteiger partial charge in [0.05, 0.1) is 0 Å². The summed E-state index contributed by atoms with van der Waals surface area (Å²) in [4.78, 5) is 35.1. The van der Waals surface area contributed by atoms with E-state index in [4.69, 9.17) is 5.11 Å². The maximum absolute atomic E-state index is 12.2. The van der Waals surface area contributed by atoms with Crippen LogP contribution in [0.25, 0.3) is 0 Å². The third-order valence-corrected chi connectivity index (χ3v) is 2.57. The quantitative estimate of drug-likeness (QED) is 0.780. The summed E-state index contributed by atoms with van der Waals surface area (Å²) in [5, 5.41) is 14.5. The zero-order valence-corrected chi connectivity index (χ0v) is 10.9. The number of hydrogen-bond acceptors (Lipinski definition) is 4. The Labute approximate surface area is 110 Å². The summed E-state index contributed by atoms with van der Waals surface area (Å²) in [6, 6.07) is 2.51. The van der Waals surface area contributed by atoms with Crippen molar-refractivity contribution < 1.29 is 14.7 Å². The number of carbonyl (C=O) groups excluding carboxylic acids is 1. The Morgan fingerprint density at radius 3 is 2.58 bits per heavy atom. The van der Waals surface area contributed by atoms with Crippen LogP contribution >= 0.6 is 0 Å². The highest BCUT2D eigenvalue weighted by Crippen LogP contribution is 2.07. The molecule has 0 radical (unpaired) electrons. The molecule has 0 bridgehead atoms. The number of carboxylic acids is 1. The van der Waals surface area contributed by atoms with Gasteiger partial charge in [0, 0.05) is 25.1 Å². The second-order valence-electron chi connectivity index (χ2n) is 4.40. The molecule has 0 atom stereocenters. The first kappa shape index (κ1) is 14.9. The van der Waals surface area contributed by atoms with Crippen LogP contribution in [0.5, 0.6) is 0 Å². The predicted molar refractivity (Wildman–Crippen MR) is 67.9 cm³/mol. The van der Waals surface area contributed by atoms with Gasteiger partial charge < -0.3 is 10.0 Å². The van der Waals surface area contributed by atoms with E-state index in [0.717, 1.165) is 0 Å². The van der Waals surface area contributed by atoms with E-state index in [2.05, 4.69) is 10.2 Å². The molecule has 1 amide bonds. The van der Waals surface area contributed by atoms with Crippen LogP contribution in [0.15, 0.2) is 16.9 Å². The smallest absolute Gasteiger partial charge is 0.303 e. The predicted octanol–water partition coefficient (Wildman–Crippen LogP) is 0.485. The summed E-state index contributed by atoms with van der Waals surface area (Å²) >= 11 is 0. The van der Waals surface area contributed by atoms with Crippen LogP contribution in [0.3, 0.4) is 0 Å². The minimum absolute atomic E-state index is 0.00948. The van der Waals surface area contributed by atoms with E-state index >= 15 is 0 Å². The van der Waals surface area contributed by atoms with Crippen molar-refractivity contribution >= 4 is 11.9 Å². The maximum atomic E-state index is 12.2. The number of carbonyl (C=O) groups is 2. The highest BCUT2D eigenvalue weighted by atomic mass is 16.4. The minimum atomic E-state index is -0.890. The molecule has 0 spiro atoms. The molecular weight excluding hydrogens is 250 g/mol. The average Bonchev–Trinajstić information content (AvgIpc) is 2.34. The zero-order valence-electron chi connectivity index (χ0n) is 10.9. The lowest BCUT2D eigenvalue weighted by molar-refractivity contribution is -0.137. The van der Waals surface area contributed by atoms with Crippen LogP contribution in [0.1, 0.15) is 37.2 Å². The summed E-state index contributed by atoms with van der Waals surface area (Å²) in [7, 11) is 0. The number of aromatic amines is 1.